The fourth-order valence-corrected chi connectivity index (χ4v) is 1.70. The number of aromatic nitrogens is 1. The van der Waals surface area contributed by atoms with Gasteiger partial charge in [-0.3, -0.25) is 4.79 Å². The Labute approximate surface area is 90.5 Å². The van der Waals surface area contributed by atoms with Crippen molar-refractivity contribution in [1.29, 1.82) is 0 Å². The van der Waals surface area contributed by atoms with Crippen LogP contribution in [-0.2, 0) is 0 Å². The van der Waals surface area contributed by atoms with Gasteiger partial charge in [0.15, 0.2) is 0 Å². The first-order valence-electron chi connectivity index (χ1n) is 3.87. The zero-order valence-electron chi connectivity index (χ0n) is 7.30. The molecule has 0 aliphatic rings. The Balaban J connectivity index is 3.52. The summed E-state index contributed by atoms with van der Waals surface area (Å²) in [5.74, 6) is 0. The monoisotopic (exact) mass is 287 g/mol. The quantitative estimate of drug-likeness (QED) is 0.833. The number of nitrogens with one attached hydrogen (secondary N) is 1. The van der Waals surface area contributed by atoms with Gasteiger partial charge < -0.3 is 4.98 Å². The average molecular weight is 287 g/mol. The van der Waals surface area contributed by atoms with Crippen molar-refractivity contribution < 1.29 is 0 Å². The van der Waals surface area contributed by atoms with Crippen molar-refractivity contribution in [1.82, 2.24) is 4.98 Å². The van der Waals surface area contributed by atoms with Crippen molar-refractivity contribution in [2.45, 2.75) is 6.92 Å². The summed E-state index contributed by atoms with van der Waals surface area (Å²) < 4.78 is 1.02. The van der Waals surface area contributed by atoms with Gasteiger partial charge in [0.05, 0.1) is 0 Å². The fraction of sp³-hybridized carbons (Fsp3) is 0.100. The molecule has 0 saturated heterocycles. The Bertz CT molecular complexity index is 404. The number of aromatic amines is 1. The van der Waals surface area contributed by atoms with Crippen molar-refractivity contribution in [2.75, 3.05) is 0 Å². The van der Waals surface area contributed by atoms with Gasteiger partial charge in [-0.05, 0) is 29.5 Å². The van der Waals surface area contributed by atoms with Gasteiger partial charge in [0.2, 0.25) is 0 Å². The van der Waals surface area contributed by atoms with Crippen LogP contribution in [0.4, 0.5) is 0 Å². The van der Waals surface area contributed by atoms with Crippen LogP contribution in [0.25, 0.3) is 12.2 Å². The number of hydrogen-bond acceptors (Lipinski definition) is 1. The van der Waals surface area contributed by atoms with Crippen LogP contribution >= 0.6 is 22.6 Å². The first-order valence-corrected chi connectivity index (χ1v) is 4.95. The Hall–Kier alpha value is -0.840. The van der Waals surface area contributed by atoms with Gasteiger partial charge in [-0.2, -0.15) is 0 Å². The molecule has 1 rings (SSSR count). The summed E-state index contributed by atoms with van der Waals surface area (Å²) in [7, 11) is 0. The Kier molecular flexibility index (Phi) is 3.48. The van der Waals surface area contributed by atoms with E-state index in [0.29, 0.717) is 5.56 Å². The van der Waals surface area contributed by atoms with E-state index in [9.17, 15) is 4.79 Å². The minimum Gasteiger partial charge on any atom is -0.327 e. The third-order valence-corrected chi connectivity index (χ3v) is 2.55. The summed E-state index contributed by atoms with van der Waals surface area (Å²) in [5, 5.41) is 0. The molecule has 2 nitrogen and oxygen atoms in total. The molecule has 0 spiro atoms. The average Bonchev–Trinajstić information content (AvgIpc) is 2.12. The molecule has 0 atom stereocenters. The molecule has 0 radical (unpaired) electrons. The summed E-state index contributed by atoms with van der Waals surface area (Å²) in [5.41, 5.74) is 1.47. The van der Waals surface area contributed by atoms with Crippen molar-refractivity contribution in [2.24, 2.45) is 0 Å². The van der Waals surface area contributed by atoms with Gasteiger partial charge in [0, 0.05) is 20.9 Å². The highest BCUT2D eigenvalue weighted by molar-refractivity contribution is 14.1. The summed E-state index contributed by atoms with van der Waals surface area (Å²) in [4.78, 5) is 14.0. The predicted molar refractivity (Wildman–Crippen MR) is 64.6 cm³/mol. The normalized spacial score (nSPS) is 10.6. The number of pyridine rings is 1. The molecule has 0 amide bonds. The largest absolute Gasteiger partial charge is 0.327 e. The van der Waals surface area contributed by atoms with E-state index >= 15 is 0 Å². The molecular weight excluding hydrogens is 277 g/mol. The Morgan fingerprint density at radius 2 is 2.23 bits per heavy atom. The lowest BCUT2D eigenvalue weighted by molar-refractivity contribution is 1.20. The first kappa shape index (κ1) is 10.2. The molecule has 3 heteroatoms. The summed E-state index contributed by atoms with van der Waals surface area (Å²) >= 11 is 2.18. The third kappa shape index (κ3) is 2.09. The number of halogens is 1. The zero-order valence-corrected chi connectivity index (χ0v) is 9.46. The van der Waals surface area contributed by atoms with Crippen LogP contribution in [0, 0.1) is 3.57 Å². The molecule has 0 fully saturated rings. The lowest BCUT2D eigenvalue weighted by atomic mass is 10.1. The van der Waals surface area contributed by atoms with Gasteiger partial charge in [-0.1, -0.05) is 24.8 Å². The van der Waals surface area contributed by atoms with E-state index in [-0.39, 0.29) is 5.56 Å². The lowest BCUT2D eigenvalue weighted by Crippen LogP contribution is -2.11. The molecule has 68 valence electrons. The molecule has 0 aromatic carbocycles. The molecule has 1 N–H and O–H groups in total. The maximum Gasteiger partial charge on any atom is 0.255 e. The van der Waals surface area contributed by atoms with E-state index in [0.717, 1.165) is 9.13 Å². The highest BCUT2D eigenvalue weighted by Crippen LogP contribution is 2.15. The number of H-pyrrole nitrogens is 1. The second-order valence-corrected chi connectivity index (χ2v) is 3.66. The Morgan fingerprint density at radius 3 is 2.77 bits per heavy atom. The molecule has 1 heterocycles. The van der Waals surface area contributed by atoms with E-state index in [4.69, 9.17) is 0 Å². The van der Waals surface area contributed by atoms with E-state index in [2.05, 4.69) is 34.2 Å². The minimum atomic E-state index is -0.0940. The molecule has 13 heavy (non-hydrogen) atoms. The fourth-order valence-electron chi connectivity index (χ4n) is 1.07. The van der Waals surface area contributed by atoms with Crippen LogP contribution in [0.1, 0.15) is 18.1 Å². The zero-order chi connectivity index (χ0) is 9.84. The third-order valence-electron chi connectivity index (χ3n) is 1.66. The molecule has 0 aliphatic carbocycles. The summed E-state index contributed by atoms with van der Waals surface area (Å²) in [6.07, 6.45) is 7.10. The predicted octanol–water partition coefficient (Wildman–Crippen LogP) is 2.66. The number of rotatable bonds is 2. The molecule has 0 unspecified atom stereocenters. The second kappa shape index (κ2) is 4.41. The van der Waals surface area contributed by atoms with Crippen LogP contribution in [0.15, 0.2) is 23.6 Å². The molecule has 0 bridgehead atoms. The lowest BCUT2D eigenvalue weighted by Gasteiger charge is -2.01. The van der Waals surface area contributed by atoms with Gasteiger partial charge in [0.1, 0.15) is 0 Å². The van der Waals surface area contributed by atoms with Crippen molar-refractivity contribution in [3.63, 3.8) is 0 Å². The van der Waals surface area contributed by atoms with Crippen molar-refractivity contribution in [3.8, 4) is 0 Å². The van der Waals surface area contributed by atoms with Crippen LogP contribution in [0.2, 0.25) is 0 Å². The number of allylic oxidation sites excluding steroid dienone is 1. The minimum absolute atomic E-state index is 0.0940. The van der Waals surface area contributed by atoms with Gasteiger partial charge in [0.25, 0.3) is 5.56 Å². The number of hydrogen-bond donors (Lipinski definition) is 1. The van der Waals surface area contributed by atoms with Crippen molar-refractivity contribution >= 4 is 34.7 Å². The molecule has 1 aromatic heterocycles. The van der Waals surface area contributed by atoms with Crippen LogP contribution < -0.4 is 5.56 Å². The smallest absolute Gasteiger partial charge is 0.255 e. The van der Waals surface area contributed by atoms with Gasteiger partial charge in [-0.15, -0.1) is 0 Å². The summed E-state index contributed by atoms with van der Waals surface area (Å²) in [6, 6.07) is 0. The molecule has 1 aromatic rings. The van der Waals surface area contributed by atoms with Crippen molar-refractivity contribution in [3.05, 3.63) is 43.9 Å². The van der Waals surface area contributed by atoms with Gasteiger partial charge in [-0.25, -0.2) is 0 Å². The standard InChI is InChI=1S/C10H10INO/c1-3-5-8-7(4-2)10(13)12-6-9(8)11/h3-6H,2H2,1H3,(H,12,13)/b5-3-. The molecular formula is C10H10INO. The van der Waals surface area contributed by atoms with Crippen LogP contribution in [-0.4, -0.2) is 4.98 Å². The van der Waals surface area contributed by atoms with E-state index < -0.39 is 0 Å². The van der Waals surface area contributed by atoms with Crippen LogP contribution in [0.3, 0.4) is 0 Å². The highest BCUT2D eigenvalue weighted by atomic mass is 127. The second-order valence-electron chi connectivity index (χ2n) is 2.50. The van der Waals surface area contributed by atoms with E-state index in [1.54, 1.807) is 12.3 Å². The first-order chi connectivity index (χ1) is 6.20. The maximum absolute atomic E-state index is 11.3. The maximum atomic E-state index is 11.3. The Morgan fingerprint density at radius 1 is 1.54 bits per heavy atom. The van der Waals surface area contributed by atoms with E-state index in [1.807, 2.05) is 19.1 Å². The summed E-state index contributed by atoms with van der Waals surface area (Å²) in [6.45, 7) is 5.54. The topological polar surface area (TPSA) is 32.9 Å². The van der Waals surface area contributed by atoms with Crippen LogP contribution in [0.5, 0.6) is 0 Å². The molecule has 0 aliphatic heterocycles. The van der Waals surface area contributed by atoms with Gasteiger partial charge >= 0.3 is 0 Å². The highest BCUT2D eigenvalue weighted by Gasteiger charge is 2.04. The van der Waals surface area contributed by atoms with E-state index in [1.165, 1.54) is 0 Å². The molecule has 0 saturated carbocycles. The SMILES string of the molecule is C=Cc1c(/C=C\C)c(I)c[nH]c1=O.